The van der Waals surface area contributed by atoms with Crippen LogP contribution in [-0.4, -0.2) is 45.3 Å². The van der Waals surface area contributed by atoms with Crippen molar-refractivity contribution in [2.24, 2.45) is 0 Å². The Morgan fingerprint density at radius 1 is 1.18 bits per heavy atom. The Bertz CT molecular complexity index is 584. The summed E-state index contributed by atoms with van der Waals surface area (Å²) in [6.07, 6.45) is 1.85. The fraction of sp³-hybridized carbons (Fsp3) is 0.500. The monoisotopic (exact) mass is 347 g/mol. The number of nitrogens with one attached hydrogen (secondary N) is 2. The number of amides is 1. The average Bonchev–Trinajstić information content (AvgIpc) is 3.01. The molecule has 1 saturated heterocycles. The zero-order chi connectivity index (χ0) is 15.3. The Hall–Kier alpha value is -1.15. The second kappa shape index (κ2) is 8.47. The SMILES string of the molecule is CNCC(=O)NCc1ccc(S(=O)(=O)N2CCCC2)cc1.Cl. The maximum atomic E-state index is 12.3. The highest BCUT2D eigenvalue weighted by molar-refractivity contribution is 7.89. The summed E-state index contributed by atoms with van der Waals surface area (Å²) < 4.78 is 26.2. The van der Waals surface area contributed by atoms with Gasteiger partial charge in [0.05, 0.1) is 11.4 Å². The van der Waals surface area contributed by atoms with Crippen molar-refractivity contribution in [1.29, 1.82) is 0 Å². The van der Waals surface area contributed by atoms with Crippen molar-refractivity contribution in [2.45, 2.75) is 24.3 Å². The largest absolute Gasteiger partial charge is 0.351 e. The lowest BCUT2D eigenvalue weighted by Crippen LogP contribution is -2.31. The molecule has 0 atom stereocenters. The molecule has 0 unspecified atom stereocenters. The van der Waals surface area contributed by atoms with Gasteiger partial charge in [-0.1, -0.05) is 12.1 Å². The van der Waals surface area contributed by atoms with E-state index in [0.29, 0.717) is 24.5 Å². The van der Waals surface area contributed by atoms with Gasteiger partial charge >= 0.3 is 0 Å². The number of benzene rings is 1. The predicted molar refractivity (Wildman–Crippen MR) is 87.5 cm³/mol. The van der Waals surface area contributed by atoms with Crippen molar-refractivity contribution in [2.75, 3.05) is 26.7 Å². The molecule has 1 aromatic carbocycles. The third-order valence-electron chi connectivity index (χ3n) is 3.45. The van der Waals surface area contributed by atoms with Crippen LogP contribution < -0.4 is 10.6 Å². The third-order valence-corrected chi connectivity index (χ3v) is 5.37. The molecule has 1 amide bonds. The zero-order valence-corrected chi connectivity index (χ0v) is 14.2. The van der Waals surface area contributed by atoms with Gasteiger partial charge in [-0.05, 0) is 37.6 Å². The lowest BCUT2D eigenvalue weighted by molar-refractivity contribution is -0.120. The van der Waals surface area contributed by atoms with Crippen LogP contribution in [0.3, 0.4) is 0 Å². The summed E-state index contributed by atoms with van der Waals surface area (Å²) in [7, 11) is -1.65. The minimum Gasteiger partial charge on any atom is -0.351 e. The molecule has 22 heavy (non-hydrogen) atoms. The van der Waals surface area contributed by atoms with Crippen molar-refractivity contribution in [1.82, 2.24) is 14.9 Å². The van der Waals surface area contributed by atoms with Gasteiger partial charge in [-0.2, -0.15) is 4.31 Å². The Morgan fingerprint density at radius 3 is 2.32 bits per heavy atom. The standard InChI is InChI=1S/C14H21N3O3S.ClH/c1-15-11-14(18)16-10-12-4-6-13(7-5-12)21(19,20)17-8-2-3-9-17;/h4-7,15H,2-3,8-11H2,1H3,(H,16,18);1H. The lowest BCUT2D eigenvalue weighted by Gasteiger charge is -2.15. The van der Waals surface area contributed by atoms with Crippen LogP contribution in [0.5, 0.6) is 0 Å². The summed E-state index contributed by atoms with van der Waals surface area (Å²) in [5, 5.41) is 5.52. The van der Waals surface area contributed by atoms with Crippen LogP contribution in [-0.2, 0) is 21.4 Å². The van der Waals surface area contributed by atoms with E-state index in [0.717, 1.165) is 18.4 Å². The van der Waals surface area contributed by atoms with Crippen molar-refractivity contribution in [3.8, 4) is 0 Å². The van der Waals surface area contributed by atoms with Crippen LogP contribution in [0.25, 0.3) is 0 Å². The number of carbonyl (C=O) groups is 1. The van der Waals surface area contributed by atoms with Crippen molar-refractivity contribution in [3.63, 3.8) is 0 Å². The van der Waals surface area contributed by atoms with Crippen LogP contribution in [0.2, 0.25) is 0 Å². The number of halogens is 1. The lowest BCUT2D eigenvalue weighted by atomic mass is 10.2. The molecule has 0 radical (unpaired) electrons. The first kappa shape index (κ1) is 18.9. The molecule has 2 rings (SSSR count). The normalized spacial score (nSPS) is 15.3. The summed E-state index contributed by atoms with van der Waals surface area (Å²) >= 11 is 0. The zero-order valence-electron chi connectivity index (χ0n) is 12.5. The molecule has 2 N–H and O–H groups in total. The average molecular weight is 348 g/mol. The molecular formula is C14H22ClN3O3S. The molecule has 8 heteroatoms. The first-order valence-corrected chi connectivity index (χ1v) is 8.48. The van der Waals surface area contributed by atoms with Crippen LogP contribution in [0, 0.1) is 0 Å². The topological polar surface area (TPSA) is 78.5 Å². The van der Waals surface area contributed by atoms with E-state index in [2.05, 4.69) is 10.6 Å². The molecule has 1 fully saturated rings. The number of sulfonamides is 1. The smallest absolute Gasteiger partial charge is 0.243 e. The molecule has 0 saturated carbocycles. The van der Waals surface area contributed by atoms with Gasteiger partial charge in [-0.15, -0.1) is 12.4 Å². The van der Waals surface area contributed by atoms with E-state index in [1.807, 2.05) is 0 Å². The molecule has 6 nitrogen and oxygen atoms in total. The van der Waals surface area contributed by atoms with Crippen LogP contribution >= 0.6 is 12.4 Å². The van der Waals surface area contributed by atoms with Gasteiger partial charge in [-0.25, -0.2) is 8.42 Å². The van der Waals surface area contributed by atoms with E-state index < -0.39 is 10.0 Å². The maximum Gasteiger partial charge on any atom is 0.243 e. The van der Waals surface area contributed by atoms with Crippen molar-refractivity contribution in [3.05, 3.63) is 29.8 Å². The molecule has 1 aliphatic rings. The van der Waals surface area contributed by atoms with Crippen LogP contribution in [0.15, 0.2) is 29.2 Å². The maximum absolute atomic E-state index is 12.3. The molecule has 0 bridgehead atoms. The molecule has 1 aromatic rings. The summed E-state index contributed by atoms with van der Waals surface area (Å²) in [5.41, 5.74) is 0.875. The summed E-state index contributed by atoms with van der Waals surface area (Å²) in [5.74, 6) is -0.0914. The number of carbonyl (C=O) groups excluding carboxylic acids is 1. The van der Waals surface area contributed by atoms with E-state index in [4.69, 9.17) is 0 Å². The van der Waals surface area contributed by atoms with Gasteiger partial charge in [0.25, 0.3) is 0 Å². The highest BCUT2D eigenvalue weighted by Gasteiger charge is 2.26. The number of hydrogen-bond acceptors (Lipinski definition) is 4. The summed E-state index contributed by atoms with van der Waals surface area (Å²) in [4.78, 5) is 11.7. The van der Waals surface area contributed by atoms with E-state index in [1.54, 1.807) is 31.3 Å². The second-order valence-electron chi connectivity index (χ2n) is 5.06. The third kappa shape index (κ3) is 4.67. The fourth-order valence-electron chi connectivity index (χ4n) is 2.28. The quantitative estimate of drug-likeness (QED) is 0.795. The van der Waals surface area contributed by atoms with Gasteiger partial charge < -0.3 is 10.6 Å². The highest BCUT2D eigenvalue weighted by atomic mass is 35.5. The van der Waals surface area contributed by atoms with Gasteiger partial charge in [0.15, 0.2) is 0 Å². The van der Waals surface area contributed by atoms with Crippen molar-refractivity contribution >= 4 is 28.3 Å². The van der Waals surface area contributed by atoms with Crippen LogP contribution in [0.1, 0.15) is 18.4 Å². The molecule has 0 aliphatic carbocycles. The summed E-state index contributed by atoms with van der Waals surface area (Å²) in [6, 6.07) is 6.69. The van der Waals surface area contributed by atoms with Gasteiger partial charge in [0.1, 0.15) is 0 Å². The van der Waals surface area contributed by atoms with E-state index in [9.17, 15) is 13.2 Å². The number of likely N-dealkylation sites (N-methyl/N-ethyl adjacent to an activating group) is 1. The first-order valence-electron chi connectivity index (χ1n) is 7.04. The highest BCUT2D eigenvalue weighted by Crippen LogP contribution is 2.20. The van der Waals surface area contributed by atoms with E-state index in [-0.39, 0.29) is 24.9 Å². The molecule has 124 valence electrons. The Morgan fingerprint density at radius 2 is 1.77 bits per heavy atom. The van der Waals surface area contributed by atoms with Crippen molar-refractivity contribution < 1.29 is 13.2 Å². The fourth-order valence-corrected chi connectivity index (χ4v) is 3.80. The molecule has 0 spiro atoms. The van der Waals surface area contributed by atoms with E-state index >= 15 is 0 Å². The Balaban J connectivity index is 0.00000242. The Kier molecular flexibility index (Phi) is 7.28. The van der Waals surface area contributed by atoms with E-state index in [1.165, 1.54) is 4.31 Å². The van der Waals surface area contributed by atoms with Gasteiger partial charge in [0.2, 0.25) is 15.9 Å². The van der Waals surface area contributed by atoms with Gasteiger partial charge in [-0.3, -0.25) is 4.79 Å². The summed E-state index contributed by atoms with van der Waals surface area (Å²) in [6.45, 7) is 1.86. The molecule has 1 heterocycles. The number of rotatable bonds is 6. The van der Waals surface area contributed by atoms with Gasteiger partial charge in [0, 0.05) is 19.6 Å². The molecule has 0 aromatic heterocycles. The van der Waals surface area contributed by atoms with Crippen LogP contribution in [0.4, 0.5) is 0 Å². The Labute approximate surface area is 137 Å². The number of nitrogens with zero attached hydrogens (tertiary/aromatic N) is 1. The molecule has 1 aliphatic heterocycles. The molecular weight excluding hydrogens is 326 g/mol. The predicted octanol–water partition coefficient (Wildman–Crippen LogP) is 0.728. The minimum absolute atomic E-state index is 0. The second-order valence-corrected chi connectivity index (χ2v) is 7.00. The number of hydrogen-bond donors (Lipinski definition) is 2. The first-order chi connectivity index (χ1) is 10.0. The minimum atomic E-state index is -3.36.